The van der Waals surface area contributed by atoms with Crippen molar-refractivity contribution in [1.29, 1.82) is 0 Å². The standard InChI is InChI=1S/C19H20BrFN2O2/c1-3-23-12-14(25-18-7-5-4-6-17(18)23)11-22(2)19(24)15-10-13(20)8-9-16(15)21/h4-10,14H,3,11-12H2,1-2H3/t14-/m1/s1. The Morgan fingerprint density at radius 2 is 2.12 bits per heavy atom. The van der Waals surface area contributed by atoms with E-state index in [0.717, 1.165) is 18.0 Å². The quantitative estimate of drug-likeness (QED) is 0.770. The maximum atomic E-state index is 14.0. The van der Waals surface area contributed by atoms with Crippen LogP contribution in [0.15, 0.2) is 46.9 Å². The van der Waals surface area contributed by atoms with Crippen LogP contribution < -0.4 is 9.64 Å². The van der Waals surface area contributed by atoms with Crippen molar-refractivity contribution in [1.82, 2.24) is 4.90 Å². The fourth-order valence-electron chi connectivity index (χ4n) is 3.03. The summed E-state index contributed by atoms with van der Waals surface area (Å²) < 4.78 is 20.7. The minimum Gasteiger partial charge on any atom is -0.485 e. The van der Waals surface area contributed by atoms with E-state index < -0.39 is 5.82 Å². The highest BCUT2D eigenvalue weighted by molar-refractivity contribution is 9.10. The molecule has 1 aliphatic heterocycles. The zero-order valence-electron chi connectivity index (χ0n) is 14.2. The van der Waals surface area contributed by atoms with Crippen LogP contribution in [0.5, 0.6) is 5.75 Å². The topological polar surface area (TPSA) is 32.8 Å². The summed E-state index contributed by atoms with van der Waals surface area (Å²) >= 11 is 3.28. The Morgan fingerprint density at radius 1 is 1.36 bits per heavy atom. The molecule has 25 heavy (non-hydrogen) atoms. The molecule has 2 aromatic rings. The molecule has 1 heterocycles. The van der Waals surface area contributed by atoms with Gasteiger partial charge in [0.2, 0.25) is 0 Å². The van der Waals surface area contributed by atoms with E-state index >= 15 is 0 Å². The summed E-state index contributed by atoms with van der Waals surface area (Å²) in [6.07, 6.45) is -0.168. The maximum Gasteiger partial charge on any atom is 0.256 e. The number of rotatable bonds is 4. The molecule has 0 fully saturated rings. The number of halogens is 2. The molecule has 132 valence electrons. The molecular weight excluding hydrogens is 387 g/mol. The van der Waals surface area contributed by atoms with Gasteiger partial charge in [0.05, 0.1) is 24.3 Å². The number of carbonyl (C=O) groups is 1. The Labute approximate surface area is 155 Å². The fourth-order valence-corrected chi connectivity index (χ4v) is 3.39. The first-order chi connectivity index (χ1) is 12.0. The maximum absolute atomic E-state index is 14.0. The minimum atomic E-state index is -0.523. The van der Waals surface area contributed by atoms with E-state index in [-0.39, 0.29) is 17.6 Å². The molecule has 0 saturated carbocycles. The van der Waals surface area contributed by atoms with Gasteiger partial charge in [-0.25, -0.2) is 4.39 Å². The first-order valence-electron chi connectivity index (χ1n) is 8.20. The lowest BCUT2D eigenvalue weighted by Crippen LogP contribution is -2.46. The van der Waals surface area contributed by atoms with Crippen molar-refractivity contribution in [2.75, 3.05) is 31.6 Å². The number of nitrogens with zero attached hydrogens (tertiary/aromatic N) is 2. The van der Waals surface area contributed by atoms with Gasteiger partial charge in [0, 0.05) is 18.1 Å². The van der Waals surface area contributed by atoms with Gasteiger partial charge < -0.3 is 14.5 Å². The molecule has 3 rings (SSSR count). The molecule has 0 aliphatic carbocycles. The molecule has 0 spiro atoms. The van der Waals surface area contributed by atoms with E-state index in [1.54, 1.807) is 13.1 Å². The van der Waals surface area contributed by atoms with Crippen LogP contribution in [0.2, 0.25) is 0 Å². The van der Waals surface area contributed by atoms with Gasteiger partial charge in [0.1, 0.15) is 17.7 Å². The number of fused-ring (bicyclic) bond motifs is 1. The van der Waals surface area contributed by atoms with Gasteiger partial charge in [0.15, 0.2) is 0 Å². The summed E-state index contributed by atoms with van der Waals surface area (Å²) in [6.45, 7) is 4.02. The Balaban J connectivity index is 1.74. The third-order valence-electron chi connectivity index (χ3n) is 4.29. The zero-order valence-corrected chi connectivity index (χ0v) is 15.8. The number of benzene rings is 2. The molecule has 6 heteroatoms. The van der Waals surface area contributed by atoms with Crippen LogP contribution in [-0.2, 0) is 0 Å². The van der Waals surface area contributed by atoms with Crippen LogP contribution >= 0.6 is 15.9 Å². The van der Waals surface area contributed by atoms with Crippen LogP contribution in [-0.4, -0.2) is 43.6 Å². The van der Waals surface area contributed by atoms with E-state index in [1.807, 2.05) is 24.3 Å². The minimum absolute atomic E-state index is 0.0560. The first kappa shape index (κ1) is 17.7. The zero-order chi connectivity index (χ0) is 18.0. The van der Waals surface area contributed by atoms with Crippen molar-refractivity contribution < 1.29 is 13.9 Å². The highest BCUT2D eigenvalue weighted by Crippen LogP contribution is 2.33. The van der Waals surface area contributed by atoms with E-state index in [9.17, 15) is 9.18 Å². The van der Waals surface area contributed by atoms with Gasteiger partial charge in [-0.15, -0.1) is 0 Å². The second kappa shape index (κ2) is 7.44. The van der Waals surface area contributed by atoms with Crippen molar-refractivity contribution in [3.63, 3.8) is 0 Å². The highest BCUT2D eigenvalue weighted by atomic mass is 79.9. The molecule has 1 aliphatic rings. The monoisotopic (exact) mass is 406 g/mol. The number of amides is 1. The van der Waals surface area contributed by atoms with Crippen molar-refractivity contribution in [2.45, 2.75) is 13.0 Å². The van der Waals surface area contributed by atoms with Crippen LogP contribution in [0.4, 0.5) is 10.1 Å². The highest BCUT2D eigenvalue weighted by Gasteiger charge is 2.27. The van der Waals surface area contributed by atoms with Gasteiger partial charge >= 0.3 is 0 Å². The van der Waals surface area contributed by atoms with Gasteiger partial charge in [-0.05, 0) is 37.3 Å². The molecule has 1 amide bonds. The first-order valence-corrected chi connectivity index (χ1v) is 9.00. The lowest BCUT2D eigenvalue weighted by molar-refractivity contribution is 0.0705. The summed E-state index contributed by atoms with van der Waals surface area (Å²) in [5.41, 5.74) is 1.12. The predicted octanol–water partition coefficient (Wildman–Crippen LogP) is 3.95. The van der Waals surface area contributed by atoms with Gasteiger partial charge in [-0.1, -0.05) is 28.1 Å². The molecule has 0 aromatic heterocycles. The molecule has 0 N–H and O–H groups in total. The Bertz CT molecular complexity index is 784. The molecule has 4 nitrogen and oxygen atoms in total. The van der Waals surface area contributed by atoms with Crippen molar-refractivity contribution in [2.24, 2.45) is 0 Å². The second-order valence-electron chi connectivity index (χ2n) is 6.06. The Hall–Kier alpha value is -2.08. The van der Waals surface area contributed by atoms with E-state index in [2.05, 4.69) is 27.8 Å². The van der Waals surface area contributed by atoms with Crippen LogP contribution in [0.3, 0.4) is 0 Å². The van der Waals surface area contributed by atoms with Crippen molar-refractivity contribution in [3.05, 3.63) is 58.3 Å². The number of likely N-dealkylation sites (N-methyl/N-ethyl adjacent to an activating group) is 2. The summed E-state index contributed by atoms with van der Waals surface area (Å²) in [6, 6.07) is 12.2. The summed E-state index contributed by atoms with van der Waals surface area (Å²) in [4.78, 5) is 16.3. The second-order valence-corrected chi connectivity index (χ2v) is 6.97. The smallest absolute Gasteiger partial charge is 0.256 e. The third-order valence-corrected chi connectivity index (χ3v) is 4.78. The SMILES string of the molecule is CCN1C[C@@H](CN(C)C(=O)c2cc(Br)ccc2F)Oc2ccccc21. The summed E-state index contributed by atoms with van der Waals surface area (Å²) in [5.74, 6) is -0.0652. The Kier molecular flexibility index (Phi) is 5.27. The largest absolute Gasteiger partial charge is 0.485 e. The summed E-state index contributed by atoms with van der Waals surface area (Å²) in [5, 5.41) is 0. The number of hydrogen-bond acceptors (Lipinski definition) is 3. The van der Waals surface area contributed by atoms with Gasteiger partial charge in [-0.2, -0.15) is 0 Å². The van der Waals surface area contributed by atoms with Crippen LogP contribution in [0.25, 0.3) is 0 Å². The number of hydrogen-bond donors (Lipinski definition) is 0. The normalized spacial score (nSPS) is 16.2. The molecule has 0 radical (unpaired) electrons. The van der Waals surface area contributed by atoms with Crippen molar-refractivity contribution >= 4 is 27.5 Å². The van der Waals surface area contributed by atoms with Crippen molar-refractivity contribution in [3.8, 4) is 5.75 Å². The van der Waals surface area contributed by atoms with Gasteiger partial charge in [0.25, 0.3) is 5.91 Å². The average molecular weight is 407 g/mol. The molecule has 0 unspecified atom stereocenters. The summed E-state index contributed by atoms with van der Waals surface area (Å²) in [7, 11) is 1.67. The molecule has 2 aromatic carbocycles. The molecular formula is C19H20BrFN2O2. The van der Waals surface area contributed by atoms with Crippen LogP contribution in [0.1, 0.15) is 17.3 Å². The predicted molar refractivity (Wildman–Crippen MR) is 99.8 cm³/mol. The number of carbonyl (C=O) groups excluding carboxylic acids is 1. The lowest BCUT2D eigenvalue weighted by atomic mass is 10.1. The molecule has 0 bridgehead atoms. The number of ether oxygens (including phenoxy) is 1. The van der Waals surface area contributed by atoms with E-state index in [0.29, 0.717) is 17.6 Å². The van der Waals surface area contributed by atoms with Crippen LogP contribution in [0, 0.1) is 5.82 Å². The average Bonchev–Trinajstić information content (AvgIpc) is 2.62. The number of para-hydroxylation sites is 2. The third kappa shape index (κ3) is 3.79. The number of anilines is 1. The lowest BCUT2D eigenvalue weighted by Gasteiger charge is -2.37. The molecule has 0 saturated heterocycles. The van der Waals surface area contributed by atoms with E-state index in [4.69, 9.17) is 4.74 Å². The molecule has 1 atom stereocenters. The van der Waals surface area contributed by atoms with E-state index in [1.165, 1.54) is 17.0 Å². The fraction of sp³-hybridized carbons (Fsp3) is 0.316. The van der Waals surface area contributed by atoms with Gasteiger partial charge in [-0.3, -0.25) is 4.79 Å². The Morgan fingerprint density at radius 3 is 2.88 bits per heavy atom.